The molecule has 5 heteroatoms. The number of halogens is 1. The van der Waals surface area contributed by atoms with E-state index in [0.29, 0.717) is 11.9 Å². The maximum absolute atomic E-state index is 13.3. The third-order valence-electron chi connectivity index (χ3n) is 4.64. The Kier molecular flexibility index (Phi) is 3.50. The van der Waals surface area contributed by atoms with Crippen LogP contribution in [0.4, 0.5) is 4.39 Å². The van der Waals surface area contributed by atoms with Gasteiger partial charge in [0.2, 0.25) is 0 Å². The monoisotopic (exact) mass is 299 g/mol. The second-order valence-electron chi connectivity index (χ2n) is 6.06. The molecule has 2 bridgehead atoms. The van der Waals surface area contributed by atoms with Crippen molar-refractivity contribution in [3.05, 3.63) is 42.5 Å². The molecule has 5 rings (SSSR count). The van der Waals surface area contributed by atoms with E-state index >= 15 is 0 Å². The van der Waals surface area contributed by atoms with Crippen molar-refractivity contribution in [1.29, 1.82) is 0 Å². The van der Waals surface area contributed by atoms with Gasteiger partial charge in [-0.05, 0) is 49.5 Å². The lowest BCUT2D eigenvalue weighted by Gasteiger charge is -2.43. The van der Waals surface area contributed by atoms with Gasteiger partial charge in [-0.25, -0.2) is 14.4 Å². The minimum Gasteiger partial charge on any atom is -0.458 e. The molecule has 0 spiro atoms. The first-order chi connectivity index (χ1) is 10.8. The third-order valence-corrected chi connectivity index (χ3v) is 4.64. The predicted molar refractivity (Wildman–Crippen MR) is 81.0 cm³/mol. The van der Waals surface area contributed by atoms with Gasteiger partial charge in [0.1, 0.15) is 11.9 Å². The van der Waals surface area contributed by atoms with Crippen molar-refractivity contribution in [1.82, 2.24) is 14.9 Å². The molecule has 0 saturated carbocycles. The Balaban J connectivity index is 1.48. The maximum atomic E-state index is 13.3. The SMILES string of the molecule is Fc1cccc(-c2cnc(OC3CN4CCC3CC4)nc2)c1. The van der Waals surface area contributed by atoms with Crippen LogP contribution < -0.4 is 4.74 Å². The molecule has 2 aromatic rings. The smallest absolute Gasteiger partial charge is 0.316 e. The number of nitrogens with zero attached hydrogens (tertiary/aromatic N) is 3. The van der Waals surface area contributed by atoms with E-state index in [1.165, 1.54) is 38.1 Å². The van der Waals surface area contributed by atoms with Crippen LogP contribution in [0.5, 0.6) is 6.01 Å². The Hall–Kier alpha value is -2.01. The topological polar surface area (TPSA) is 38.2 Å². The van der Waals surface area contributed by atoms with Gasteiger partial charge in [-0.1, -0.05) is 12.1 Å². The molecule has 3 fully saturated rings. The van der Waals surface area contributed by atoms with E-state index in [1.54, 1.807) is 18.5 Å². The van der Waals surface area contributed by atoms with Gasteiger partial charge in [0.25, 0.3) is 0 Å². The molecule has 4 nitrogen and oxygen atoms in total. The maximum Gasteiger partial charge on any atom is 0.316 e. The highest BCUT2D eigenvalue weighted by atomic mass is 19.1. The fourth-order valence-corrected chi connectivity index (χ4v) is 3.37. The summed E-state index contributed by atoms with van der Waals surface area (Å²) in [6.45, 7) is 3.34. The number of rotatable bonds is 3. The summed E-state index contributed by atoms with van der Waals surface area (Å²) < 4.78 is 19.2. The first-order valence-corrected chi connectivity index (χ1v) is 7.75. The Morgan fingerprint density at radius 1 is 1.09 bits per heavy atom. The van der Waals surface area contributed by atoms with Crippen LogP contribution in [0, 0.1) is 11.7 Å². The number of ether oxygens (including phenoxy) is 1. The zero-order valence-electron chi connectivity index (χ0n) is 12.3. The average molecular weight is 299 g/mol. The van der Waals surface area contributed by atoms with Crippen LogP contribution in [-0.2, 0) is 0 Å². The molecule has 0 amide bonds. The van der Waals surface area contributed by atoms with Crippen molar-refractivity contribution < 1.29 is 9.13 Å². The molecule has 3 aliphatic rings. The van der Waals surface area contributed by atoms with E-state index in [2.05, 4.69) is 14.9 Å². The quantitative estimate of drug-likeness (QED) is 0.873. The largest absolute Gasteiger partial charge is 0.458 e. The zero-order valence-corrected chi connectivity index (χ0v) is 12.3. The van der Waals surface area contributed by atoms with E-state index in [1.807, 2.05) is 6.07 Å². The van der Waals surface area contributed by atoms with Crippen LogP contribution in [0.25, 0.3) is 11.1 Å². The van der Waals surface area contributed by atoms with Crippen LogP contribution in [0.3, 0.4) is 0 Å². The number of benzene rings is 1. The summed E-state index contributed by atoms with van der Waals surface area (Å²) >= 11 is 0. The Morgan fingerprint density at radius 2 is 1.86 bits per heavy atom. The van der Waals surface area contributed by atoms with Crippen LogP contribution in [0.15, 0.2) is 36.7 Å². The van der Waals surface area contributed by atoms with Crippen molar-refractivity contribution >= 4 is 0 Å². The summed E-state index contributed by atoms with van der Waals surface area (Å²) in [4.78, 5) is 11.0. The van der Waals surface area contributed by atoms with E-state index < -0.39 is 0 Å². The van der Waals surface area contributed by atoms with Crippen molar-refractivity contribution in [2.24, 2.45) is 5.92 Å². The third kappa shape index (κ3) is 2.68. The minimum atomic E-state index is -0.259. The molecule has 1 atom stereocenters. The van der Waals surface area contributed by atoms with Crippen molar-refractivity contribution in [2.45, 2.75) is 18.9 Å². The van der Waals surface area contributed by atoms with Crippen LogP contribution in [-0.4, -0.2) is 40.6 Å². The lowest BCUT2D eigenvalue weighted by atomic mass is 9.86. The van der Waals surface area contributed by atoms with E-state index in [-0.39, 0.29) is 11.9 Å². The fourth-order valence-electron chi connectivity index (χ4n) is 3.37. The molecule has 3 saturated heterocycles. The summed E-state index contributed by atoms with van der Waals surface area (Å²) in [5.41, 5.74) is 1.56. The first-order valence-electron chi connectivity index (χ1n) is 7.75. The van der Waals surface area contributed by atoms with Gasteiger partial charge in [0, 0.05) is 24.5 Å². The molecular weight excluding hydrogens is 281 g/mol. The summed E-state index contributed by atoms with van der Waals surface area (Å²) in [7, 11) is 0. The number of aromatic nitrogens is 2. The normalized spacial score (nSPS) is 26.9. The molecule has 22 heavy (non-hydrogen) atoms. The van der Waals surface area contributed by atoms with Crippen molar-refractivity contribution in [2.75, 3.05) is 19.6 Å². The summed E-state index contributed by atoms with van der Waals surface area (Å²) in [5.74, 6) is 0.363. The molecule has 0 aliphatic carbocycles. The second-order valence-corrected chi connectivity index (χ2v) is 6.06. The van der Waals surface area contributed by atoms with Crippen LogP contribution >= 0.6 is 0 Å². The number of piperidine rings is 3. The molecule has 4 heterocycles. The lowest BCUT2D eigenvalue weighted by molar-refractivity contribution is -0.0123. The average Bonchev–Trinajstić information content (AvgIpc) is 2.57. The number of fused-ring (bicyclic) bond motifs is 3. The molecule has 1 aromatic carbocycles. The van der Waals surface area contributed by atoms with E-state index in [9.17, 15) is 4.39 Å². The standard InChI is InChI=1S/C17H18FN3O/c18-15-3-1-2-13(8-15)14-9-19-17(20-10-14)22-16-11-21-6-4-12(16)5-7-21/h1-3,8-10,12,16H,4-7,11H2. The van der Waals surface area contributed by atoms with Gasteiger partial charge in [-0.15, -0.1) is 0 Å². The highest BCUT2D eigenvalue weighted by Gasteiger charge is 2.35. The van der Waals surface area contributed by atoms with Crippen molar-refractivity contribution in [3.8, 4) is 17.1 Å². The number of hydrogen-bond acceptors (Lipinski definition) is 4. The molecule has 114 valence electrons. The summed E-state index contributed by atoms with van der Waals surface area (Å²) in [6.07, 6.45) is 5.98. The Labute approximate surface area is 129 Å². The molecule has 0 radical (unpaired) electrons. The van der Waals surface area contributed by atoms with Crippen LogP contribution in [0.2, 0.25) is 0 Å². The Bertz CT molecular complexity index is 653. The fraction of sp³-hybridized carbons (Fsp3) is 0.412. The van der Waals surface area contributed by atoms with Gasteiger partial charge < -0.3 is 4.74 Å². The molecule has 3 aliphatic heterocycles. The molecule has 1 aromatic heterocycles. The number of hydrogen-bond donors (Lipinski definition) is 0. The summed E-state index contributed by atoms with van der Waals surface area (Å²) in [6, 6.07) is 6.85. The first kappa shape index (κ1) is 13.6. The lowest BCUT2D eigenvalue weighted by Crippen LogP contribution is -2.52. The predicted octanol–water partition coefficient (Wildman–Crippen LogP) is 2.76. The zero-order chi connectivity index (χ0) is 14.9. The molecule has 1 unspecified atom stereocenters. The van der Waals surface area contributed by atoms with E-state index in [4.69, 9.17) is 4.74 Å². The van der Waals surface area contributed by atoms with Gasteiger partial charge in [0.15, 0.2) is 0 Å². The Morgan fingerprint density at radius 3 is 2.50 bits per heavy atom. The molecular formula is C17H18FN3O. The van der Waals surface area contributed by atoms with Crippen molar-refractivity contribution in [3.63, 3.8) is 0 Å². The molecule has 0 N–H and O–H groups in total. The highest BCUT2D eigenvalue weighted by molar-refractivity contribution is 5.61. The van der Waals surface area contributed by atoms with Gasteiger partial charge in [-0.3, -0.25) is 4.90 Å². The van der Waals surface area contributed by atoms with Gasteiger partial charge >= 0.3 is 6.01 Å². The van der Waals surface area contributed by atoms with E-state index in [0.717, 1.165) is 17.7 Å². The highest BCUT2D eigenvalue weighted by Crippen LogP contribution is 2.30. The summed E-state index contributed by atoms with van der Waals surface area (Å²) in [5, 5.41) is 0. The second kappa shape index (κ2) is 5.65. The van der Waals surface area contributed by atoms with Gasteiger partial charge in [0.05, 0.1) is 0 Å². The van der Waals surface area contributed by atoms with Gasteiger partial charge in [-0.2, -0.15) is 0 Å². The van der Waals surface area contributed by atoms with Crippen LogP contribution in [0.1, 0.15) is 12.8 Å². The minimum absolute atomic E-state index is 0.197.